The van der Waals surface area contributed by atoms with E-state index in [0.717, 1.165) is 28.1 Å². The molecule has 2 atom stereocenters. The molecule has 0 saturated heterocycles. The van der Waals surface area contributed by atoms with Crippen LogP contribution < -0.4 is 0 Å². The van der Waals surface area contributed by atoms with Crippen molar-refractivity contribution < 1.29 is 0 Å². The molecule has 7 aromatic rings. The summed E-state index contributed by atoms with van der Waals surface area (Å²) in [6, 6.07) is 38.4. The number of hydrogen-bond donors (Lipinski definition) is 0. The molecule has 0 bridgehead atoms. The molecule has 0 amide bonds. The fourth-order valence-electron chi connectivity index (χ4n) is 6.51. The highest BCUT2D eigenvalue weighted by Gasteiger charge is 2.28. The molecule has 0 saturated carbocycles. The van der Waals surface area contributed by atoms with Crippen molar-refractivity contribution in [3.63, 3.8) is 0 Å². The lowest BCUT2D eigenvalue weighted by Crippen LogP contribution is -2.14. The molecule has 0 N–H and O–H groups in total. The molecule has 0 aliphatic heterocycles. The molecule has 0 radical (unpaired) electrons. The molecule has 3 heterocycles. The maximum absolute atomic E-state index is 5.38. The summed E-state index contributed by atoms with van der Waals surface area (Å²) in [5, 5.41) is 7.22. The zero-order valence-corrected chi connectivity index (χ0v) is 22.7. The molecule has 0 fully saturated rings. The van der Waals surface area contributed by atoms with Crippen LogP contribution in [-0.2, 0) is 0 Å². The van der Waals surface area contributed by atoms with Crippen molar-refractivity contribution >= 4 is 48.9 Å². The predicted octanol–water partition coefficient (Wildman–Crippen LogP) is 9.52. The molecule has 4 aromatic carbocycles. The third-order valence-electron chi connectivity index (χ3n) is 8.53. The van der Waals surface area contributed by atoms with Gasteiger partial charge in [0.1, 0.15) is 0 Å². The van der Waals surface area contributed by atoms with Crippen LogP contribution in [-0.4, -0.2) is 15.0 Å². The van der Waals surface area contributed by atoms with Crippen LogP contribution in [0.2, 0.25) is 0 Å². The van der Waals surface area contributed by atoms with E-state index >= 15 is 0 Å². The minimum atomic E-state index is 0.158. The minimum Gasteiger partial charge on any atom is -0.255 e. The van der Waals surface area contributed by atoms with Gasteiger partial charge in [0.2, 0.25) is 0 Å². The summed E-state index contributed by atoms with van der Waals surface area (Å²) < 4.78 is 0. The molecule has 1 aliphatic rings. The fraction of sp³-hybridized carbons (Fsp3) is 0.0789. The summed E-state index contributed by atoms with van der Waals surface area (Å²) >= 11 is 0. The molecule has 8 rings (SSSR count). The standard InChI is InChI=1S/C38H27N3/c1-24-27(33-17-9-18-35(40-33)34-16-6-7-23-39-34)14-8-15-28(24)36-31-21-19-25-10-2-4-12-29(25)37(31)41-38-30-13-5-3-11-26(30)20-22-32(36)38/h2-24,28H,1H3. The Hall–Kier alpha value is -5.15. The molecule has 41 heavy (non-hydrogen) atoms. The summed E-state index contributed by atoms with van der Waals surface area (Å²) in [4.78, 5) is 15.0. The Bertz CT molecular complexity index is 2080. The second-order valence-corrected chi connectivity index (χ2v) is 10.8. The van der Waals surface area contributed by atoms with Gasteiger partial charge >= 0.3 is 0 Å². The van der Waals surface area contributed by atoms with E-state index in [9.17, 15) is 0 Å². The van der Waals surface area contributed by atoms with Gasteiger partial charge in [0.15, 0.2) is 0 Å². The molecule has 3 nitrogen and oxygen atoms in total. The van der Waals surface area contributed by atoms with Crippen LogP contribution in [0, 0.1) is 5.92 Å². The number of hydrogen-bond acceptors (Lipinski definition) is 3. The Balaban J connectivity index is 1.35. The summed E-state index contributed by atoms with van der Waals surface area (Å²) in [6.45, 7) is 2.33. The van der Waals surface area contributed by atoms with E-state index in [1.165, 1.54) is 43.5 Å². The summed E-state index contributed by atoms with van der Waals surface area (Å²) in [5.74, 6) is 0.365. The van der Waals surface area contributed by atoms with Crippen LogP contribution in [0.1, 0.15) is 24.1 Å². The maximum Gasteiger partial charge on any atom is 0.0893 e. The van der Waals surface area contributed by atoms with Gasteiger partial charge in [0.25, 0.3) is 0 Å². The number of fused-ring (bicyclic) bond motifs is 6. The zero-order valence-electron chi connectivity index (χ0n) is 22.7. The Morgan fingerprint density at radius 1 is 0.537 bits per heavy atom. The first-order valence-corrected chi connectivity index (χ1v) is 14.2. The van der Waals surface area contributed by atoms with Gasteiger partial charge in [-0.05, 0) is 52.1 Å². The summed E-state index contributed by atoms with van der Waals surface area (Å²) in [6.07, 6.45) is 8.60. The van der Waals surface area contributed by atoms with E-state index in [2.05, 4.69) is 115 Å². The van der Waals surface area contributed by atoms with E-state index in [-0.39, 0.29) is 11.8 Å². The highest BCUT2D eigenvalue weighted by Crippen LogP contribution is 2.45. The molecule has 0 spiro atoms. The second-order valence-electron chi connectivity index (χ2n) is 10.8. The molecule has 3 aromatic heterocycles. The highest BCUT2D eigenvalue weighted by atomic mass is 14.8. The van der Waals surface area contributed by atoms with Gasteiger partial charge in [-0.15, -0.1) is 0 Å². The normalized spacial score (nSPS) is 17.0. The van der Waals surface area contributed by atoms with Crippen molar-refractivity contribution in [2.45, 2.75) is 12.8 Å². The molecular weight excluding hydrogens is 498 g/mol. The Kier molecular flexibility index (Phi) is 5.49. The van der Waals surface area contributed by atoms with Crippen LogP contribution in [0.5, 0.6) is 0 Å². The topological polar surface area (TPSA) is 38.7 Å². The van der Waals surface area contributed by atoms with Crippen LogP contribution in [0.3, 0.4) is 0 Å². The van der Waals surface area contributed by atoms with Gasteiger partial charge in [-0.3, -0.25) is 4.98 Å². The van der Waals surface area contributed by atoms with Crippen LogP contribution >= 0.6 is 0 Å². The number of nitrogens with zero attached hydrogens (tertiary/aromatic N) is 3. The first kappa shape index (κ1) is 23.7. The zero-order chi connectivity index (χ0) is 27.3. The van der Waals surface area contributed by atoms with Crippen molar-refractivity contribution in [1.82, 2.24) is 15.0 Å². The molecular formula is C38H27N3. The maximum atomic E-state index is 5.38. The smallest absolute Gasteiger partial charge is 0.0893 e. The fourth-order valence-corrected chi connectivity index (χ4v) is 6.51. The number of allylic oxidation sites excluding steroid dienone is 4. The number of benzene rings is 4. The first-order chi connectivity index (χ1) is 20.3. The average molecular weight is 526 g/mol. The Morgan fingerprint density at radius 2 is 1.17 bits per heavy atom. The highest BCUT2D eigenvalue weighted by molar-refractivity contribution is 6.15. The molecule has 3 heteroatoms. The lowest BCUT2D eigenvalue weighted by molar-refractivity contribution is 0.658. The largest absolute Gasteiger partial charge is 0.255 e. The average Bonchev–Trinajstić information content (AvgIpc) is 3.04. The van der Waals surface area contributed by atoms with Crippen LogP contribution in [0.25, 0.3) is 60.3 Å². The molecule has 1 aliphatic carbocycles. The monoisotopic (exact) mass is 525 g/mol. The molecule has 2 unspecified atom stereocenters. The lowest BCUT2D eigenvalue weighted by Gasteiger charge is -2.29. The van der Waals surface area contributed by atoms with E-state index in [0.29, 0.717) is 0 Å². The number of aromatic nitrogens is 3. The van der Waals surface area contributed by atoms with E-state index in [1.54, 1.807) is 0 Å². The van der Waals surface area contributed by atoms with Gasteiger partial charge in [0, 0.05) is 33.7 Å². The second kappa shape index (κ2) is 9.50. The first-order valence-electron chi connectivity index (χ1n) is 14.2. The van der Waals surface area contributed by atoms with Crippen molar-refractivity contribution in [2.24, 2.45) is 5.92 Å². The quantitative estimate of drug-likeness (QED) is 0.170. The van der Waals surface area contributed by atoms with Crippen molar-refractivity contribution in [1.29, 1.82) is 0 Å². The third kappa shape index (κ3) is 3.85. The van der Waals surface area contributed by atoms with Gasteiger partial charge < -0.3 is 0 Å². The minimum absolute atomic E-state index is 0.158. The van der Waals surface area contributed by atoms with Gasteiger partial charge in [-0.25, -0.2) is 9.97 Å². The lowest BCUT2D eigenvalue weighted by atomic mass is 9.75. The van der Waals surface area contributed by atoms with E-state index in [1.807, 2.05) is 30.5 Å². The van der Waals surface area contributed by atoms with Crippen LogP contribution in [0.4, 0.5) is 0 Å². The Labute approximate surface area is 238 Å². The van der Waals surface area contributed by atoms with Gasteiger partial charge in [-0.1, -0.05) is 110 Å². The van der Waals surface area contributed by atoms with Crippen molar-refractivity contribution in [3.05, 3.63) is 145 Å². The van der Waals surface area contributed by atoms with Crippen molar-refractivity contribution in [3.8, 4) is 11.4 Å². The summed E-state index contributed by atoms with van der Waals surface area (Å²) in [7, 11) is 0. The predicted molar refractivity (Wildman–Crippen MR) is 171 cm³/mol. The Morgan fingerprint density at radius 3 is 1.85 bits per heavy atom. The van der Waals surface area contributed by atoms with Crippen molar-refractivity contribution in [2.75, 3.05) is 0 Å². The number of pyridine rings is 3. The molecule has 194 valence electrons. The summed E-state index contributed by atoms with van der Waals surface area (Å²) in [5.41, 5.74) is 7.46. The van der Waals surface area contributed by atoms with E-state index in [4.69, 9.17) is 9.97 Å². The van der Waals surface area contributed by atoms with Crippen LogP contribution in [0.15, 0.2) is 134 Å². The van der Waals surface area contributed by atoms with E-state index < -0.39 is 0 Å². The van der Waals surface area contributed by atoms with Gasteiger partial charge in [0.05, 0.1) is 28.1 Å². The SMILES string of the molecule is CC1C(c2cccc(-c3ccccn3)n2)=CC=CC1c1c2ccc3ccccc3c2nc2c1ccc1ccccc12. The number of rotatable bonds is 3. The third-order valence-corrected chi connectivity index (χ3v) is 8.53. The van der Waals surface area contributed by atoms with Gasteiger partial charge in [-0.2, -0.15) is 0 Å².